The van der Waals surface area contributed by atoms with Crippen LogP contribution in [0.2, 0.25) is 0 Å². The lowest BCUT2D eigenvalue weighted by atomic mass is 9.91. The Morgan fingerprint density at radius 1 is 0.921 bits per heavy atom. The zero-order valence-corrected chi connectivity index (χ0v) is 22.1. The molecule has 0 atom stereocenters. The third kappa shape index (κ3) is 4.30. The van der Waals surface area contributed by atoms with Crippen LogP contribution in [0, 0.1) is 6.92 Å². The smallest absolute Gasteiger partial charge is 0.268 e. The van der Waals surface area contributed by atoms with E-state index < -0.39 is 26.5 Å². The fraction of sp³-hybridized carbons (Fsp3) is 0.179. The molecule has 2 aliphatic rings. The Kier molecular flexibility index (Phi) is 6.10. The number of nitrogens with zero attached hydrogens (tertiary/aromatic N) is 2. The predicted octanol–water partition coefficient (Wildman–Crippen LogP) is 4.64. The zero-order chi connectivity index (χ0) is 26.4. The Balaban J connectivity index is 1.35. The Bertz CT molecular complexity index is 1730. The molecule has 1 N–H and O–H groups in total. The number of nitrogens with one attached hydrogen (secondary N) is 1. The fourth-order valence-electron chi connectivity index (χ4n) is 4.71. The van der Waals surface area contributed by atoms with Crippen LogP contribution in [0.5, 0.6) is 0 Å². The maximum absolute atomic E-state index is 13.7. The van der Waals surface area contributed by atoms with Gasteiger partial charge in [-0.05, 0) is 48.9 Å². The van der Waals surface area contributed by atoms with Crippen LogP contribution in [0.15, 0.2) is 77.3 Å². The van der Waals surface area contributed by atoms with Crippen LogP contribution in [-0.4, -0.2) is 56.2 Å². The highest BCUT2D eigenvalue weighted by atomic mass is 32.2. The molecule has 38 heavy (non-hydrogen) atoms. The van der Waals surface area contributed by atoms with Crippen molar-refractivity contribution < 1.29 is 22.7 Å². The van der Waals surface area contributed by atoms with E-state index in [0.717, 1.165) is 26.4 Å². The number of aryl methyl sites for hydroxylation is 1. The third-order valence-electron chi connectivity index (χ3n) is 6.58. The molecule has 192 valence electrons. The van der Waals surface area contributed by atoms with Gasteiger partial charge in [0, 0.05) is 35.5 Å². The first-order valence-electron chi connectivity index (χ1n) is 12.1. The van der Waals surface area contributed by atoms with Crippen molar-refractivity contribution in [3.8, 4) is 10.6 Å². The standard InChI is InChI=1S/C28H23N3O5S2/c1-17-6-11-22-23(16-17)37-28(29-22)18-7-9-19(10-8-18)30-38(34,35)27-24(31-12-14-36-15-13-31)25(32)20-4-2-3-5-21(20)26(27)33/h2-11,16,30H,12-15H2,1H3. The number of benzene rings is 3. The second-order valence-corrected chi connectivity index (χ2v) is 11.8. The Labute approximate surface area is 223 Å². The number of anilines is 1. The minimum absolute atomic E-state index is 0.0799. The molecule has 1 aliphatic carbocycles. The summed E-state index contributed by atoms with van der Waals surface area (Å²) in [6.07, 6.45) is 0. The van der Waals surface area contributed by atoms with Crippen molar-refractivity contribution in [1.82, 2.24) is 9.88 Å². The number of sulfonamides is 1. The highest BCUT2D eigenvalue weighted by Crippen LogP contribution is 2.34. The van der Waals surface area contributed by atoms with Crippen LogP contribution < -0.4 is 4.72 Å². The summed E-state index contributed by atoms with van der Waals surface area (Å²) in [4.78, 5) is 32.8. The molecule has 8 nitrogen and oxygen atoms in total. The molecule has 2 heterocycles. The van der Waals surface area contributed by atoms with E-state index in [1.165, 1.54) is 6.07 Å². The van der Waals surface area contributed by atoms with Gasteiger partial charge in [-0.25, -0.2) is 13.4 Å². The number of allylic oxidation sites excluding steroid dienone is 2. The zero-order valence-electron chi connectivity index (χ0n) is 20.4. The maximum Gasteiger partial charge on any atom is 0.268 e. The number of rotatable bonds is 5. The Hall–Kier alpha value is -3.86. The summed E-state index contributed by atoms with van der Waals surface area (Å²) >= 11 is 1.56. The first-order chi connectivity index (χ1) is 18.3. The lowest BCUT2D eigenvalue weighted by molar-refractivity contribution is 0.0499. The van der Waals surface area contributed by atoms with E-state index in [9.17, 15) is 18.0 Å². The molecular formula is C28H23N3O5S2. The van der Waals surface area contributed by atoms with E-state index in [1.807, 2.05) is 19.1 Å². The molecule has 1 aromatic heterocycles. The molecule has 1 fully saturated rings. The van der Waals surface area contributed by atoms with Crippen LogP contribution in [0.4, 0.5) is 5.69 Å². The maximum atomic E-state index is 13.7. The number of ketones is 2. The highest BCUT2D eigenvalue weighted by molar-refractivity contribution is 7.97. The van der Waals surface area contributed by atoms with E-state index in [-0.39, 0.29) is 22.5 Å². The van der Waals surface area contributed by atoms with Gasteiger partial charge in [-0.15, -0.1) is 11.3 Å². The molecule has 0 radical (unpaired) electrons. The summed E-state index contributed by atoms with van der Waals surface area (Å²) in [6.45, 7) is 3.32. The summed E-state index contributed by atoms with van der Waals surface area (Å²) in [5, 5.41) is 0.821. The van der Waals surface area contributed by atoms with Gasteiger partial charge in [0.2, 0.25) is 11.6 Å². The first-order valence-corrected chi connectivity index (χ1v) is 14.4. The molecule has 3 aromatic carbocycles. The molecule has 4 aromatic rings. The lowest BCUT2D eigenvalue weighted by Crippen LogP contribution is -2.43. The number of fused-ring (bicyclic) bond motifs is 2. The van der Waals surface area contributed by atoms with Crippen LogP contribution >= 0.6 is 11.3 Å². The normalized spacial score (nSPS) is 16.2. The number of carbonyl (C=O) groups excluding carboxylic acids is 2. The minimum Gasteiger partial charge on any atom is -0.378 e. The van der Waals surface area contributed by atoms with Gasteiger partial charge in [0.1, 0.15) is 10.7 Å². The summed E-state index contributed by atoms with van der Waals surface area (Å²) in [6, 6.07) is 19.2. The second kappa shape index (κ2) is 9.46. The number of thiazole rings is 1. The monoisotopic (exact) mass is 545 g/mol. The minimum atomic E-state index is -4.40. The van der Waals surface area contributed by atoms with Crippen molar-refractivity contribution in [2.24, 2.45) is 0 Å². The lowest BCUT2D eigenvalue weighted by Gasteiger charge is -2.33. The van der Waals surface area contributed by atoms with E-state index in [2.05, 4.69) is 15.8 Å². The van der Waals surface area contributed by atoms with Gasteiger partial charge in [-0.1, -0.05) is 30.3 Å². The molecule has 1 aliphatic heterocycles. The van der Waals surface area contributed by atoms with Gasteiger partial charge >= 0.3 is 0 Å². The van der Waals surface area contributed by atoms with Crippen molar-refractivity contribution >= 4 is 48.8 Å². The molecule has 0 amide bonds. The van der Waals surface area contributed by atoms with Gasteiger partial charge in [0.15, 0.2) is 4.91 Å². The van der Waals surface area contributed by atoms with Crippen LogP contribution in [-0.2, 0) is 14.8 Å². The van der Waals surface area contributed by atoms with Gasteiger partial charge < -0.3 is 9.64 Å². The third-order valence-corrected chi connectivity index (χ3v) is 9.06. The average molecular weight is 546 g/mol. The van der Waals surface area contributed by atoms with Crippen molar-refractivity contribution in [3.05, 3.63) is 94.0 Å². The molecule has 1 saturated heterocycles. The number of Topliss-reactive ketones (excluding diaryl/α,β-unsaturated/α-hetero) is 2. The van der Waals surface area contributed by atoms with Gasteiger partial charge in [0.05, 0.1) is 23.4 Å². The van der Waals surface area contributed by atoms with Crippen molar-refractivity contribution in [2.45, 2.75) is 6.92 Å². The van der Waals surface area contributed by atoms with E-state index in [4.69, 9.17) is 4.74 Å². The quantitative estimate of drug-likeness (QED) is 0.390. The summed E-state index contributed by atoms with van der Waals surface area (Å²) < 4.78 is 36.3. The van der Waals surface area contributed by atoms with Gasteiger partial charge in [-0.3, -0.25) is 14.3 Å². The Morgan fingerprint density at radius 2 is 1.61 bits per heavy atom. The van der Waals surface area contributed by atoms with E-state index in [1.54, 1.807) is 58.7 Å². The van der Waals surface area contributed by atoms with Gasteiger partial charge in [-0.2, -0.15) is 0 Å². The van der Waals surface area contributed by atoms with E-state index >= 15 is 0 Å². The first kappa shape index (κ1) is 24.5. The average Bonchev–Trinajstić information content (AvgIpc) is 3.34. The molecule has 0 spiro atoms. The number of ether oxygens (including phenoxy) is 1. The number of hydrogen-bond donors (Lipinski definition) is 1. The second-order valence-electron chi connectivity index (χ2n) is 9.15. The van der Waals surface area contributed by atoms with Crippen molar-refractivity contribution in [2.75, 3.05) is 31.0 Å². The number of morpholine rings is 1. The van der Waals surface area contributed by atoms with Crippen LogP contribution in [0.3, 0.4) is 0 Å². The van der Waals surface area contributed by atoms with Crippen LogP contribution in [0.1, 0.15) is 26.3 Å². The number of carbonyl (C=O) groups is 2. The molecular weight excluding hydrogens is 522 g/mol. The van der Waals surface area contributed by atoms with Crippen LogP contribution in [0.25, 0.3) is 20.8 Å². The largest absolute Gasteiger partial charge is 0.378 e. The molecule has 10 heteroatoms. The summed E-state index contributed by atoms with van der Waals surface area (Å²) in [7, 11) is -4.40. The SMILES string of the molecule is Cc1ccc2nc(-c3ccc(NS(=O)(=O)C4=C(N5CCOCC5)C(=O)c5ccccc5C4=O)cc3)sc2c1. The highest BCUT2D eigenvalue weighted by Gasteiger charge is 2.41. The van der Waals surface area contributed by atoms with Crippen molar-refractivity contribution in [3.63, 3.8) is 0 Å². The molecule has 6 rings (SSSR count). The molecule has 0 bridgehead atoms. The molecule has 0 saturated carbocycles. The predicted molar refractivity (Wildman–Crippen MR) is 147 cm³/mol. The fourth-order valence-corrected chi connectivity index (χ4v) is 7.15. The van der Waals surface area contributed by atoms with E-state index in [0.29, 0.717) is 26.3 Å². The molecule has 0 unspecified atom stereocenters. The summed E-state index contributed by atoms with van der Waals surface area (Å²) in [5.41, 5.74) is 3.36. The topological polar surface area (TPSA) is 106 Å². The van der Waals surface area contributed by atoms with Crippen molar-refractivity contribution in [1.29, 1.82) is 0 Å². The van der Waals surface area contributed by atoms with Gasteiger partial charge in [0.25, 0.3) is 10.0 Å². The number of aromatic nitrogens is 1. The summed E-state index contributed by atoms with van der Waals surface area (Å²) in [5.74, 6) is -1.18. The Morgan fingerprint density at radius 3 is 2.32 bits per heavy atom. The number of hydrogen-bond acceptors (Lipinski definition) is 8.